The average molecular weight is 404 g/mol. The fourth-order valence-electron chi connectivity index (χ4n) is 1.86. The van der Waals surface area contributed by atoms with Gasteiger partial charge in [-0.3, -0.25) is 19.3 Å². The molecule has 0 atom stereocenters. The van der Waals surface area contributed by atoms with Gasteiger partial charge in [-0.15, -0.1) is 6.42 Å². The van der Waals surface area contributed by atoms with Crippen molar-refractivity contribution < 1.29 is 43.5 Å². The van der Waals surface area contributed by atoms with Crippen molar-refractivity contribution in [2.24, 2.45) is 0 Å². The summed E-state index contributed by atoms with van der Waals surface area (Å²) in [6.45, 7) is 1.77. The second-order valence-corrected chi connectivity index (χ2v) is 5.38. The van der Waals surface area contributed by atoms with E-state index in [0.717, 1.165) is 4.90 Å². The maximum Gasteiger partial charge on any atom is 0.317 e. The lowest BCUT2D eigenvalue weighted by molar-refractivity contribution is -0.142. The second-order valence-electron chi connectivity index (χ2n) is 5.38. The molecule has 1 amide bonds. The van der Waals surface area contributed by atoms with Crippen LogP contribution in [-0.4, -0.2) is 112 Å². The Morgan fingerprint density at radius 2 is 1.25 bits per heavy atom. The number of hydrogen-bond donors (Lipinski definition) is 3. The number of carboxylic acids is 2. The highest BCUT2D eigenvalue weighted by Crippen LogP contribution is 1.89. The number of carboxylic acid groups (broad SMARTS) is 2. The fraction of sp³-hybridized carbons (Fsp3) is 0.706. The van der Waals surface area contributed by atoms with Crippen LogP contribution in [0.2, 0.25) is 0 Å². The van der Waals surface area contributed by atoms with Crippen molar-refractivity contribution in [3.8, 4) is 12.3 Å². The molecule has 3 N–H and O–H groups in total. The quantitative estimate of drug-likeness (QED) is 0.168. The van der Waals surface area contributed by atoms with Crippen molar-refractivity contribution in [3.05, 3.63) is 0 Å². The molecule has 0 aromatic rings. The van der Waals surface area contributed by atoms with Crippen LogP contribution >= 0.6 is 0 Å². The molecular formula is C17H28N2O9. The standard InChI is InChI=1S/C17H28N2O9/c1-2-4-25-6-8-27-10-11-28-9-7-26-5-3-18-15(20)12-19(13-16(21)22)14-17(23)24/h1H,3-14H2,(H,18,20)(H,21,22)(H,23,24). The number of hydrogen-bond acceptors (Lipinski definition) is 8. The van der Waals surface area contributed by atoms with Crippen molar-refractivity contribution in [1.29, 1.82) is 0 Å². The molecule has 11 heteroatoms. The van der Waals surface area contributed by atoms with Crippen molar-refractivity contribution in [3.63, 3.8) is 0 Å². The van der Waals surface area contributed by atoms with Gasteiger partial charge in [0, 0.05) is 6.54 Å². The molecule has 0 aromatic carbocycles. The van der Waals surface area contributed by atoms with Crippen molar-refractivity contribution >= 4 is 17.8 Å². The highest BCUT2D eigenvalue weighted by molar-refractivity contribution is 5.80. The molecule has 0 aromatic heterocycles. The Balaban J connectivity index is 3.52. The van der Waals surface area contributed by atoms with Gasteiger partial charge in [-0.05, 0) is 0 Å². The van der Waals surface area contributed by atoms with Crippen LogP contribution in [0.1, 0.15) is 0 Å². The van der Waals surface area contributed by atoms with Gasteiger partial charge in [0.25, 0.3) is 0 Å². The van der Waals surface area contributed by atoms with Crippen LogP contribution in [0.5, 0.6) is 0 Å². The molecule has 0 fully saturated rings. The van der Waals surface area contributed by atoms with Crippen molar-refractivity contribution in [1.82, 2.24) is 10.2 Å². The van der Waals surface area contributed by atoms with Gasteiger partial charge in [-0.25, -0.2) is 0 Å². The van der Waals surface area contributed by atoms with Gasteiger partial charge in [0.05, 0.1) is 65.9 Å². The Kier molecular flexibility index (Phi) is 16.7. The van der Waals surface area contributed by atoms with Crippen molar-refractivity contribution in [2.75, 3.05) is 79.0 Å². The fourth-order valence-corrected chi connectivity index (χ4v) is 1.86. The zero-order valence-corrected chi connectivity index (χ0v) is 15.8. The van der Waals surface area contributed by atoms with Crippen LogP contribution in [0, 0.1) is 12.3 Å². The Bertz CT molecular complexity index is 478. The molecule has 0 radical (unpaired) electrons. The number of carbonyl (C=O) groups is 3. The summed E-state index contributed by atoms with van der Waals surface area (Å²) in [5.41, 5.74) is 0. The molecular weight excluding hydrogens is 376 g/mol. The van der Waals surface area contributed by atoms with E-state index in [4.69, 9.17) is 35.6 Å². The van der Waals surface area contributed by atoms with Crippen LogP contribution in [0.4, 0.5) is 0 Å². The minimum absolute atomic E-state index is 0.216. The third-order valence-electron chi connectivity index (χ3n) is 2.95. The number of nitrogens with zero attached hydrogens (tertiary/aromatic N) is 1. The summed E-state index contributed by atoms with van der Waals surface area (Å²) in [5.74, 6) is -0.547. The van der Waals surface area contributed by atoms with Crippen LogP contribution in [0.25, 0.3) is 0 Å². The first-order valence-electron chi connectivity index (χ1n) is 8.62. The summed E-state index contributed by atoms with van der Waals surface area (Å²) < 4.78 is 20.8. The van der Waals surface area contributed by atoms with E-state index in [1.807, 2.05) is 0 Å². The highest BCUT2D eigenvalue weighted by Gasteiger charge is 2.16. The molecule has 28 heavy (non-hydrogen) atoms. The van der Waals surface area contributed by atoms with Gasteiger partial charge >= 0.3 is 11.9 Å². The molecule has 0 aliphatic carbocycles. The van der Waals surface area contributed by atoms with E-state index in [-0.39, 0.29) is 26.3 Å². The molecule has 0 rings (SSSR count). The van der Waals surface area contributed by atoms with Gasteiger partial charge in [-0.2, -0.15) is 0 Å². The number of aliphatic carboxylic acids is 2. The third kappa shape index (κ3) is 18.6. The summed E-state index contributed by atoms with van der Waals surface area (Å²) >= 11 is 0. The Hall–Kier alpha value is -2.23. The second kappa shape index (κ2) is 18.1. The predicted molar refractivity (Wildman–Crippen MR) is 96.8 cm³/mol. The normalized spacial score (nSPS) is 10.6. The zero-order chi connectivity index (χ0) is 21.0. The molecule has 0 saturated carbocycles. The van der Waals surface area contributed by atoms with E-state index in [0.29, 0.717) is 39.6 Å². The Morgan fingerprint density at radius 3 is 1.71 bits per heavy atom. The van der Waals surface area contributed by atoms with Gasteiger partial charge in [0.15, 0.2) is 0 Å². The summed E-state index contributed by atoms with van der Waals surface area (Å²) in [7, 11) is 0. The monoisotopic (exact) mass is 404 g/mol. The van der Waals surface area contributed by atoms with Crippen LogP contribution in [-0.2, 0) is 33.3 Å². The topological polar surface area (TPSA) is 144 Å². The number of terminal acetylenes is 1. The molecule has 0 heterocycles. The lowest BCUT2D eigenvalue weighted by Gasteiger charge is -2.17. The van der Waals surface area contributed by atoms with E-state index in [2.05, 4.69) is 11.2 Å². The smallest absolute Gasteiger partial charge is 0.317 e. The number of carbonyl (C=O) groups excluding carboxylic acids is 1. The molecule has 0 unspecified atom stereocenters. The van der Waals surface area contributed by atoms with Gasteiger partial charge in [0.1, 0.15) is 6.61 Å². The first-order chi connectivity index (χ1) is 13.5. The molecule has 0 spiro atoms. The summed E-state index contributed by atoms with van der Waals surface area (Å²) in [6, 6.07) is 0. The minimum Gasteiger partial charge on any atom is -0.480 e. The van der Waals surface area contributed by atoms with E-state index in [9.17, 15) is 14.4 Å². The first kappa shape index (κ1) is 25.8. The largest absolute Gasteiger partial charge is 0.480 e. The van der Waals surface area contributed by atoms with E-state index < -0.39 is 30.9 Å². The van der Waals surface area contributed by atoms with E-state index in [1.54, 1.807) is 0 Å². The third-order valence-corrected chi connectivity index (χ3v) is 2.95. The lowest BCUT2D eigenvalue weighted by Crippen LogP contribution is -2.42. The number of amides is 1. The number of rotatable bonds is 19. The first-order valence-corrected chi connectivity index (χ1v) is 8.62. The highest BCUT2D eigenvalue weighted by atomic mass is 16.6. The summed E-state index contributed by atoms with van der Waals surface area (Å²) in [5, 5.41) is 19.9. The minimum atomic E-state index is -1.21. The molecule has 160 valence electrons. The lowest BCUT2D eigenvalue weighted by atomic mass is 10.4. The van der Waals surface area contributed by atoms with E-state index >= 15 is 0 Å². The van der Waals surface area contributed by atoms with Gasteiger partial charge in [0.2, 0.25) is 5.91 Å². The van der Waals surface area contributed by atoms with Crippen molar-refractivity contribution in [2.45, 2.75) is 0 Å². The molecule has 0 saturated heterocycles. The molecule has 0 aliphatic heterocycles. The number of nitrogens with one attached hydrogen (secondary N) is 1. The van der Waals surface area contributed by atoms with Crippen LogP contribution < -0.4 is 5.32 Å². The molecule has 0 bridgehead atoms. The maximum atomic E-state index is 11.7. The molecule has 0 aliphatic rings. The van der Waals surface area contributed by atoms with E-state index in [1.165, 1.54) is 0 Å². The average Bonchev–Trinajstić information content (AvgIpc) is 2.60. The Labute approximate surface area is 163 Å². The number of ether oxygens (including phenoxy) is 4. The van der Waals surface area contributed by atoms with Gasteiger partial charge in [-0.1, -0.05) is 5.92 Å². The van der Waals surface area contributed by atoms with Crippen LogP contribution in [0.15, 0.2) is 0 Å². The SMILES string of the molecule is C#CCOCCOCCOCCOCCNC(=O)CN(CC(=O)O)CC(=O)O. The van der Waals surface area contributed by atoms with Gasteiger partial charge < -0.3 is 34.5 Å². The molecule has 11 nitrogen and oxygen atoms in total. The van der Waals surface area contributed by atoms with Crippen LogP contribution in [0.3, 0.4) is 0 Å². The predicted octanol–water partition coefficient (Wildman–Crippen LogP) is -1.73. The summed E-state index contributed by atoms with van der Waals surface area (Å²) in [6.07, 6.45) is 5.02. The Morgan fingerprint density at radius 1 is 0.786 bits per heavy atom. The summed E-state index contributed by atoms with van der Waals surface area (Å²) in [4.78, 5) is 34.0. The maximum absolute atomic E-state index is 11.7. The zero-order valence-electron chi connectivity index (χ0n) is 15.8.